The largest absolute Gasteiger partial charge is 0.333 e. The zero-order chi connectivity index (χ0) is 38.2. The number of fused-ring (bicyclic) bond motifs is 4. The molecular weight excluding hydrogens is 885 g/mol. The maximum Gasteiger partial charge on any atom is 0.0798 e. The van der Waals surface area contributed by atoms with Crippen molar-refractivity contribution in [1.82, 2.24) is 14.5 Å². The molecule has 55 heavy (non-hydrogen) atoms. The summed E-state index contributed by atoms with van der Waals surface area (Å²) in [4.78, 5) is 9.69. The van der Waals surface area contributed by atoms with Crippen LogP contribution in [0.25, 0.3) is 59.5 Å². The van der Waals surface area contributed by atoms with Gasteiger partial charge in [-0.3, -0.25) is 4.98 Å². The number of nitriles is 1. The number of benzene rings is 5. The molecule has 0 aliphatic rings. The van der Waals surface area contributed by atoms with Gasteiger partial charge in [0.05, 0.1) is 24.9 Å². The van der Waals surface area contributed by atoms with Crippen molar-refractivity contribution < 1.29 is 20.1 Å². The van der Waals surface area contributed by atoms with E-state index in [1.54, 1.807) is 6.07 Å². The fraction of sp³-hybridized carbons (Fsp3) is 0.229. The van der Waals surface area contributed by atoms with E-state index in [2.05, 4.69) is 173 Å². The Morgan fingerprint density at radius 3 is 2.20 bits per heavy atom. The first-order chi connectivity index (χ1) is 25.8. The second-order valence-electron chi connectivity index (χ2n) is 16.5. The minimum absolute atomic E-state index is 0. The summed E-state index contributed by atoms with van der Waals surface area (Å²) in [5, 5.41) is 12.9. The molecule has 8 aromatic rings. The fourth-order valence-electron chi connectivity index (χ4n) is 6.95. The van der Waals surface area contributed by atoms with E-state index >= 15 is 0 Å². The summed E-state index contributed by atoms with van der Waals surface area (Å²) in [5.41, 5.74) is 9.62. The first kappa shape index (κ1) is 40.0. The van der Waals surface area contributed by atoms with Gasteiger partial charge in [0.25, 0.3) is 0 Å². The van der Waals surface area contributed by atoms with Crippen LogP contribution >= 0.6 is 11.3 Å². The molecule has 0 fully saturated rings. The summed E-state index contributed by atoms with van der Waals surface area (Å²) in [5.74, 6) is 1.55. The summed E-state index contributed by atoms with van der Waals surface area (Å²) in [6.45, 7) is 18.3. The van der Waals surface area contributed by atoms with Crippen LogP contribution in [0.5, 0.6) is 0 Å². The second kappa shape index (κ2) is 16.2. The van der Waals surface area contributed by atoms with Crippen LogP contribution in [-0.4, -0.2) is 22.6 Å². The minimum atomic E-state index is -1.40. The van der Waals surface area contributed by atoms with Gasteiger partial charge in [0.2, 0.25) is 0 Å². The number of rotatable bonds is 6. The van der Waals surface area contributed by atoms with E-state index in [4.69, 9.17) is 10.2 Å². The normalized spacial score (nSPS) is 11.7. The Morgan fingerprint density at radius 1 is 0.818 bits per heavy atom. The van der Waals surface area contributed by atoms with Gasteiger partial charge < -0.3 is 9.55 Å². The summed E-state index contributed by atoms with van der Waals surface area (Å²) in [6, 6.07) is 46.7. The number of aromatic nitrogens is 3. The second-order valence-corrected chi connectivity index (χ2v) is 22.6. The van der Waals surface area contributed by atoms with Crippen LogP contribution in [-0.2, 0) is 31.9 Å². The van der Waals surface area contributed by atoms with Gasteiger partial charge in [-0.25, -0.2) is 5.26 Å². The van der Waals surface area contributed by atoms with Gasteiger partial charge in [0.15, 0.2) is 0 Å². The molecule has 0 amide bonds. The molecule has 0 saturated carbocycles. The molecule has 3 heterocycles. The summed E-state index contributed by atoms with van der Waals surface area (Å²) in [6.07, 6.45) is 3.14. The molecule has 0 spiro atoms. The van der Waals surface area contributed by atoms with Crippen LogP contribution in [0.4, 0.5) is 0 Å². The van der Waals surface area contributed by atoms with Crippen molar-refractivity contribution in [3.05, 3.63) is 144 Å². The van der Waals surface area contributed by atoms with Crippen molar-refractivity contribution in [2.24, 2.45) is 5.92 Å². The Balaban J connectivity index is 0.000000198. The average molecular weight is 931 g/mol. The molecule has 0 unspecified atom stereocenters. The first-order valence-electron chi connectivity index (χ1n) is 18.6. The van der Waals surface area contributed by atoms with Gasteiger partial charge in [0.1, 0.15) is 0 Å². The van der Waals surface area contributed by atoms with Gasteiger partial charge in [-0.1, -0.05) is 114 Å². The van der Waals surface area contributed by atoms with Gasteiger partial charge in [-0.15, -0.1) is 53.6 Å². The molecule has 0 N–H and O–H groups in total. The van der Waals surface area contributed by atoms with Gasteiger partial charge in [-0.05, 0) is 80.2 Å². The molecular formula is C48H46IrN4SSi-2. The van der Waals surface area contributed by atoms with Crippen molar-refractivity contribution in [2.75, 3.05) is 0 Å². The molecule has 3 aromatic heterocycles. The molecule has 1 radical (unpaired) electrons. The maximum absolute atomic E-state index is 8.89. The standard InChI is InChI=1S/C29H23N2S.C19H23N2Si.Ir/c1-29(2,3)20-13-15-21(16-14-20)31-25-10-6-5-9-24(25)30-28(31)19-12-17-23-22-8-4-7-11-26(22)32-27(23)18-19;1-14(2)10-17-11-18(21-13-19(17)22(3,4)5)16-8-6-15(12-20)7-9-16;/h4-11,13-18H,1-3H3;6-8,11,13-14H,10H2,1-5H3;/q2*-1;. The van der Waals surface area contributed by atoms with Crippen LogP contribution in [0.2, 0.25) is 19.6 Å². The quantitative estimate of drug-likeness (QED) is 0.123. The molecule has 0 aliphatic carbocycles. The fourth-order valence-corrected chi connectivity index (χ4v) is 9.67. The Labute approximate surface area is 344 Å². The average Bonchev–Trinajstić information content (AvgIpc) is 3.73. The van der Waals surface area contributed by atoms with Crippen molar-refractivity contribution in [3.8, 4) is 34.4 Å². The Kier molecular flexibility index (Phi) is 11.8. The predicted molar refractivity (Wildman–Crippen MR) is 232 cm³/mol. The molecule has 5 aromatic carbocycles. The van der Waals surface area contributed by atoms with E-state index in [9.17, 15) is 0 Å². The molecule has 0 saturated heterocycles. The van der Waals surface area contributed by atoms with Gasteiger partial charge in [-0.2, -0.15) is 11.3 Å². The number of hydrogen-bond acceptors (Lipinski definition) is 4. The van der Waals surface area contributed by atoms with E-state index in [-0.39, 0.29) is 25.5 Å². The smallest absolute Gasteiger partial charge is 0.0798 e. The third-order valence-corrected chi connectivity index (χ3v) is 12.9. The summed E-state index contributed by atoms with van der Waals surface area (Å²) in [7, 11) is -1.40. The van der Waals surface area contributed by atoms with Crippen LogP contribution in [0, 0.1) is 29.4 Å². The number of para-hydroxylation sites is 2. The number of pyridine rings is 1. The first-order valence-corrected chi connectivity index (χ1v) is 22.9. The molecule has 0 atom stereocenters. The van der Waals surface area contributed by atoms with Crippen molar-refractivity contribution >= 4 is 55.8 Å². The molecule has 8 rings (SSSR count). The van der Waals surface area contributed by atoms with Crippen LogP contribution in [0.15, 0.2) is 115 Å². The Bertz CT molecular complexity index is 2630. The minimum Gasteiger partial charge on any atom is -0.333 e. The third-order valence-electron chi connectivity index (χ3n) is 9.75. The third kappa shape index (κ3) is 8.59. The zero-order valence-electron chi connectivity index (χ0n) is 32.8. The topological polar surface area (TPSA) is 54.5 Å². The van der Waals surface area contributed by atoms with E-state index in [0.29, 0.717) is 11.5 Å². The van der Waals surface area contributed by atoms with Gasteiger partial charge in [0, 0.05) is 42.8 Å². The number of nitrogens with zero attached hydrogens (tertiary/aromatic N) is 4. The van der Waals surface area contributed by atoms with Crippen LogP contribution in [0.3, 0.4) is 0 Å². The van der Waals surface area contributed by atoms with Crippen molar-refractivity contribution in [2.45, 2.75) is 66.1 Å². The number of thiophene rings is 1. The molecule has 0 aliphatic heterocycles. The Morgan fingerprint density at radius 2 is 1.53 bits per heavy atom. The molecule has 0 bridgehead atoms. The van der Waals surface area contributed by atoms with Crippen LogP contribution in [0.1, 0.15) is 51.3 Å². The van der Waals surface area contributed by atoms with Crippen molar-refractivity contribution in [3.63, 3.8) is 0 Å². The molecule has 4 nitrogen and oxygen atoms in total. The maximum atomic E-state index is 8.89. The summed E-state index contributed by atoms with van der Waals surface area (Å²) < 4.78 is 4.83. The van der Waals surface area contributed by atoms with Gasteiger partial charge >= 0.3 is 0 Å². The Hall–Kier alpha value is -4.70. The van der Waals surface area contributed by atoms with Crippen molar-refractivity contribution in [1.29, 1.82) is 5.26 Å². The van der Waals surface area contributed by atoms with Crippen LogP contribution < -0.4 is 5.19 Å². The van der Waals surface area contributed by atoms with E-state index in [0.717, 1.165) is 45.8 Å². The van der Waals surface area contributed by atoms with E-state index < -0.39 is 8.07 Å². The predicted octanol–water partition coefficient (Wildman–Crippen LogP) is 12.3. The van der Waals surface area contributed by atoms with E-state index in [1.165, 1.54) is 36.5 Å². The number of imidazole rings is 1. The van der Waals surface area contributed by atoms with E-state index in [1.807, 2.05) is 29.5 Å². The monoisotopic (exact) mass is 931 g/mol. The molecule has 7 heteroatoms. The SMILES string of the molecule is CC(C)(C)c1ccc(-n2c(-c3[c-]cc4c(c3)sc3ccccc34)nc3ccccc32)cc1.CC(C)Cc1cc(-c2[c-]cc(C#N)cc2)ncc1[Si](C)(C)C.[Ir]. The zero-order valence-corrected chi connectivity index (χ0v) is 37.0. The number of hydrogen-bond donors (Lipinski definition) is 0. The summed E-state index contributed by atoms with van der Waals surface area (Å²) >= 11 is 1.83. The molecule has 279 valence electrons.